The number of fused-ring (bicyclic) bond motifs is 3. The van der Waals surface area contributed by atoms with Crippen LogP contribution in [0.15, 0.2) is 0 Å². The van der Waals surface area contributed by atoms with Gasteiger partial charge in [0, 0.05) is 6.04 Å². The van der Waals surface area contributed by atoms with Gasteiger partial charge in [-0.1, -0.05) is 0 Å². The van der Waals surface area contributed by atoms with Gasteiger partial charge in [-0.25, -0.2) is 0 Å². The highest BCUT2D eigenvalue weighted by Crippen LogP contribution is 2.59. The lowest BCUT2D eigenvalue weighted by atomic mass is 9.64. The predicted molar refractivity (Wildman–Crippen MR) is 58.0 cm³/mol. The Kier molecular flexibility index (Phi) is 1.94. The van der Waals surface area contributed by atoms with Crippen LogP contribution in [0.5, 0.6) is 0 Å². The lowest BCUT2D eigenvalue weighted by Gasteiger charge is -2.47. The van der Waals surface area contributed by atoms with Crippen molar-refractivity contribution in [2.75, 3.05) is 20.1 Å². The van der Waals surface area contributed by atoms with Gasteiger partial charge in [-0.05, 0) is 69.5 Å². The summed E-state index contributed by atoms with van der Waals surface area (Å²) in [6.45, 7) is 2.55. The predicted octanol–water partition coefficient (Wildman–Crippen LogP) is 1.46. The minimum atomic E-state index is 0.537. The summed E-state index contributed by atoms with van der Waals surface area (Å²) in [6.07, 6.45) is 7.08. The van der Waals surface area contributed by atoms with Crippen molar-refractivity contribution in [3.05, 3.63) is 0 Å². The van der Waals surface area contributed by atoms with Crippen molar-refractivity contribution in [1.82, 2.24) is 4.90 Å². The molecular formula is C12H22N2. The van der Waals surface area contributed by atoms with Gasteiger partial charge in [0.1, 0.15) is 0 Å². The summed E-state index contributed by atoms with van der Waals surface area (Å²) in [5, 5.41) is 0. The smallest absolute Gasteiger partial charge is 0.0128 e. The second kappa shape index (κ2) is 2.96. The molecule has 14 heavy (non-hydrogen) atoms. The highest BCUT2D eigenvalue weighted by atomic mass is 15.1. The van der Waals surface area contributed by atoms with E-state index >= 15 is 0 Å². The van der Waals surface area contributed by atoms with Crippen LogP contribution in [0.4, 0.5) is 0 Å². The molecule has 3 rings (SSSR count). The number of rotatable bonds is 0. The molecule has 1 spiro atoms. The van der Waals surface area contributed by atoms with Gasteiger partial charge in [-0.15, -0.1) is 0 Å². The maximum atomic E-state index is 6.46. The minimum Gasteiger partial charge on any atom is -0.327 e. The van der Waals surface area contributed by atoms with Crippen molar-refractivity contribution in [2.24, 2.45) is 23.0 Å². The zero-order valence-electron chi connectivity index (χ0n) is 9.21. The molecule has 0 radical (unpaired) electrons. The van der Waals surface area contributed by atoms with Gasteiger partial charge in [-0.3, -0.25) is 0 Å². The number of nitrogens with zero attached hydrogens (tertiary/aromatic N) is 1. The normalized spacial score (nSPS) is 46.3. The first-order valence-electron chi connectivity index (χ1n) is 6.16. The highest BCUT2D eigenvalue weighted by Gasteiger charge is 2.56. The second-order valence-corrected chi connectivity index (χ2v) is 5.83. The van der Waals surface area contributed by atoms with E-state index in [0.29, 0.717) is 11.5 Å². The van der Waals surface area contributed by atoms with Crippen LogP contribution in [0.1, 0.15) is 32.1 Å². The molecule has 3 aliphatic rings. The van der Waals surface area contributed by atoms with Crippen LogP contribution in [-0.2, 0) is 0 Å². The molecule has 1 aliphatic heterocycles. The standard InChI is InChI=1S/C12H22N2/c1-14-6-4-12(5-7-14)10-3-2-9(8-10)11(12)13/h9-11H,2-8,13H2,1H3/t9-,10?,11-/m1/s1. The molecule has 0 aromatic heterocycles. The molecule has 2 N–H and O–H groups in total. The first-order valence-corrected chi connectivity index (χ1v) is 6.16. The number of likely N-dealkylation sites (tertiary alicyclic amines) is 1. The fourth-order valence-electron chi connectivity index (χ4n) is 4.38. The van der Waals surface area contributed by atoms with Gasteiger partial charge in [-0.2, -0.15) is 0 Å². The maximum Gasteiger partial charge on any atom is 0.0128 e. The molecule has 2 bridgehead atoms. The molecule has 1 unspecified atom stereocenters. The first-order chi connectivity index (χ1) is 6.72. The molecule has 0 aromatic rings. The minimum absolute atomic E-state index is 0.537. The van der Waals surface area contributed by atoms with Crippen LogP contribution >= 0.6 is 0 Å². The van der Waals surface area contributed by atoms with E-state index in [0.717, 1.165) is 11.8 Å². The number of nitrogens with two attached hydrogens (primary N) is 1. The van der Waals surface area contributed by atoms with Crippen LogP contribution < -0.4 is 5.73 Å². The van der Waals surface area contributed by atoms with Crippen molar-refractivity contribution in [1.29, 1.82) is 0 Å². The fraction of sp³-hybridized carbons (Fsp3) is 1.00. The molecule has 1 heterocycles. The van der Waals surface area contributed by atoms with Gasteiger partial charge >= 0.3 is 0 Å². The van der Waals surface area contributed by atoms with Crippen molar-refractivity contribution < 1.29 is 0 Å². The molecule has 1 saturated heterocycles. The Bertz CT molecular complexity index is 226. The van der Waals surface area contributed by atoms with E-state index in [-0.39, 0.29) is 0 Å². The van der Waals surface area contributed by atoms with E-state index in [1.807, 2.05) is 0 Å². The van der Waals surface area contributed by atoms with Crippen molar-refractivity contribution in [3.63, 3.8) is 0 Å². The summed E-state index contributed by atoms with van der Waals surface area (Å²) in [4.78, 5) is 2.46. The Morgan fingerprint density at radius 1 is 1.21 bits per heavy atom. The van der Waals surface area contributed by atoms with E-state index < -0.39 is 0 Å². The van der Waals surface area contributed by atoms with Crippen molar-refractivity contribution >= 4 is 0 Å². The van der Waals surface area contributed by atoms with E-state index in [4.69, 9.17) is 5.73 Å². The zero-order chi connectivity index (χ0) is 9.76. The Balaban J connectivity index is 1.83. The maximum absolute atomic E-state index is 6.46. The second-order valence-electron chi connectivity index (χ2n) is 5.83. The molecule has 2 saturated carbocycles. The number of hydrogen-bond acceptors (Lipinski definition) is 2. The molecule has 3 atom stereocenters. The summed E-state index contributed by atoms with van der Waals surface area (Å²) in [5.74, 6) is 1.86. The Morgan fingerprint density at radius 2 is 1.93 bits per heavy atom. The molecule has 0 amide bonds. The third-order valence-corrected chi connectivity index (χ3v) is 5.38. The van der Waals surface area contributed by atoms with Gasteiger partial charge < -0.3 is 10.6 Å². The lowest BCUT2D eigenvalue weighted by Crippen LogP contribution is -2.52. The summed E-state index contributed by atoms with van der Waals surface area (Å²) < 4.78 is 0. The van der Waals surface area contributed by atoms with Gasteiger partial charge in [0.15, 0.2) is 0 Å². The Morgan fingerprint density at radius 3 is 2.50 bits per heavy atom. The number of piperidine rings is 1. The van der Waals surface area contributed by atoms with Gasteiger partial charge in [0.25, 0.3) is 0 Å². The molecule has 2 nitrogen and oxygen atoms in total. The summed E-state index contributed by atoms with van der Waals surface area (Å²) in [7, 11) is 2.24. The zero-order valence-corrected chi connectivity index (χ0v) is 9.21. The van der Waals surface area contributed by atoms with Crippen molar-refractivity contribution in [3.8, 4) is 0 Å². The monoisotopic (exact) mass is 194 g/mol. The summed E-state index contributed by atoms with van der Waals surface area (Å²) >= 11 is 0. The van der Waals surface area contributed by atoms with Crippen LogP contribution in [0.25, 0.3) is 0 Å². The number of hydrogen-bond donors (Lipinski definition) is 1. The largest absolute Gasteiger partial charge is 0.327 e. The quantitative estimate of drug-likeness (QED) is 0.632. The third-order valence-electron chi connectivity index (χ3n) is 5.38. The van der Waals surface area contributed by atoms with E-state index in [1.165, 1.54) is 45.2 Å². The summed E-state index contributed by atoms with van der Waals surface area (Å²) in [6, 6.07) is 0.537. The van der Waals surface area contributed by atoms with Crippen LogP contribution in [0.2, 0.25) is 0 Å². The van der Waals surface area contributed by atoms with E-state index in [1.54, 1.807) is 0 Å². The Labute approximate surface area is 86.8 Å². The molecule has 2 heteroatoms. The molecule has 3 fully saturated rings. The first kappa shape index (κ1) is 9.17. The average molecular weight is 194 g/mol. The SMILES string of the molecule is CN1CCC2(CC1)C1CC[C@H](C1)[C@H]2N. The topological polar surface area (TPSA) is 29.3 Å². The van der Waals surface area contributed by atoms with E-state index in [9.17, 15) is 0 Å². The fourth-order valence-corrected chi connectivity index (χ4v) is 4.38. The molecule has 80 valence electrons. The van der Waals surface area contributed by atoms with Crippen LogP contribution in [0, 0.1) is 17.3 Å². The van der Waals surface area contributed by atoms with E-state index in [2.05, 4.69) is 11.9 Å². The highest BCUT2D eigenvalue weighted by molar-refractivity contribution is 5.09. The van der Waals surface area contributed by atoms with Gasteiger partial charge in [0.05, 0.1) is 0 Å². The Hall–Kier alpha value is -0.0800. The molecular weight excluding hydrogens is 172 g/mol. The molecule has 2 aliphatic carbocycles. The van der Waals surface area contributed by atoms with Crippen molar-refractivity contribution in [2.45, 2.75) is 38.1 Å². The lowest BCUT2D eigenvalue weighted by molar-refractivity contribution is 0.0451. The molecule has 0 aromatic carbocycles. The van der Waals surface area contributed by atoms with Gasteiger partial charge in [0.2, 0.25) is 0 Å². The third kappa shape index (κ3) is 1.04. The van der Waals surface area contributed by atoms with Crippen LogP contribution in [-0.4, -0.2) is 31.1 Å². The van der Waals surface area contributed by atoms with Crippen LogP contribution in [0.3, 0.4) is 0 Å². The summed E-state index contributed by atoms with van der Waals surface area (Å²) in [5.41, 5.74) is 7.02. The average Bonchev–Trinajstić information content (AvgIpc) is 2.75.